The highest BCUT2D eigenvalue weighted by Gasteiger charge is 2.22. The van der Waals surface area contributed by atoms with Gasteiger partial charge in [0, 0.05) is 5.39 Å². The number of nitrogens with zero attached hydrogens (tertiary/aromatic N) is 2. The van der Waals surface area contributed by atoms with Gasteiger partial charge in [0.15, 0.2) is 11.5 Å². The number of phenolic OH excluding ortho intramolecular Hbond substituents is 1. The Kier molecular flexibility index (Phi) is 7.37. The van der Waals surface area contributed by atoms with E-state index in [4.69, 9.17) is 27.9 Å². The molecule has 0 fully saturated rings. The molecule has 0 aliphatic carbocycles. The summed E-state index contributed by atoms with van der Waals surface area (Å²) in [5, 5.41) is 22.9. The average molecular weight is 560 g/mol. The SMILES string of the molecule is COc1c(Cl)cccc1NC(=O)c1cc2ccccc2c(N=Nc2c(Cl)cc(C)cc2S(=O)(=O)O)c1O. The van der Waals surface area contributed by atoms with Crippen molar-refractivity contribution >= 4 is 67.1 Å². The third-order valence-electron chi connectivity index (χ3n) is 5.36. The predicted octanol–water partition coefficient (Wildman–Crippen LogP) is 7.08. The number of para-hydroxylation sites is 1. The molecular formula is C25H19Cl2N3O6S. The molecule has 4 rings (SSSR count). The Hall–Kier alpha value is -3.70. The van der Waals surface area contributed by atoms with Crippen molar-refractivity contribution in [3.05, 3.63) is 81.8 Å². The number of azo groups is 1. The highest BCUT2D eigenvalue weighted by atomic mass is 35.5. The lowest BCUT2D eigenvalue weighted by atomic mass is 10.0. The molecule has 0 bridgehead atoms. The molecule has 0 unspecified atom stereocenters. The maximum atomic E-state index is 13.2. The minimum atomic E-state index is -4.69. The lowest BCUT2D eigenvalue weighted by Crippen LogP contribution is -2.13. The number of carbonyl (C=O) groups excluding carboxylic acids is 1. The van der Waals surface area contributed by atoms with Gasteiger partial charge in [-0.05, 0) is 48.2 Å². The number of hydrogen-bond acceptors (Lipinski definition) is 7. The van der Waals surface area contributed by atoms with Crippen LogP contribution in [0.3, 0.4) is 0 Å². The van der Waals surface area contributed by atoms with Gasteiger partial charge in [-0.1, -0.05) is 53.5 Å². The zero-order valence-corrected chi connectivity index (χ0v) is 21.7. The molecule has 1 amide bonds. The Morgan fingerprint density at radius 3 is 2.38 bits per heavy atom. The molecule has 0 aliphatic rings. The van der Waals surface area contributed by atoms with Gasteiger partial charge in [0.05, 0.1) is 28.4 Å². The number of rotatable bonds is 6. The molecule has 12 heteroatoms. The zero-order valence-electron chi connectivity index (χ0n) is 19.4. The molecule has 0 aromatic heterocycles. The van der Waals surface area contributed by atoms with Crippen LogP contribution in [0.1, 0.15) is 15.9 Å². The molecule has 4 aromatic rings. The Morgan fingerprint density at radius 1 is 0.973 bits per heavy atom. The van der Waals surface area contributed by atoms with E-state index >= 15 is 0 Å². The second-order valence-electron chi connectivity index (χ2n) is 7.89. The van der Waals surface area contributed by atoms with Gasteiger partial charge in [-0.25, -0.2) is 0 Å². The molecule has 0 radical (unpaired) electrons. The molecular weight excluding hydrogens is 541 g/mol. The summed E-state index contributed by atoms with van der Waals surface area (Å²) in [7, 11) is -3.29. The Morgan fingerprint density at radius 2 is 1.68 bits per heavy atom. The summed E-state index contributed by atoms with van der Waals surface area (Å²) in [6.07, 6.45) is 0. The first-order chi connectivity index (χ1) is 17.5. The first-order valence-corrected chi connectivity index (χ1v) is 12.8. The van der Waals surface area contributed by atoms with E-state index in [1.54, 1.807) is 49.4 Å². The van der Waals surface area contributed by atoms with Crippen molar-refractivity contribution in [1.29, 1.82) is 0 Å². The summed E-state index contributed by atoms with van der Waals surface area (Å²) >= 11 is 12.3. The van der Waals surface area contributed by atoms with Crippen LogP contribution in [0.5, 0.6) is 11.5 Å². The number of aromatic hydroxyl groups is 1. The summed E-state index contributed by atoms with van der Waals surface area (Å²) in [6.45, 7) is 1.60. The van der Waals surface area contributed by atoms with E-state index in [0.717, 1.165) is 0 Å². The first-order valence-electron chi connectivity index (χ1n) is 10.6. The molecule has 0 aliphatic heterocycles. The summed E-state index contributed by atoms with van der Waals surface area (Å²) in [5.74, 6) is -0.964. The standard InChI is InChI=1S/C25H19Cl2N3O6S/c1-13-10-18(27)22(20(11-13)37(33,34)35)30-29-21-15-7-4-3-6-14(15)12-16(23(21)31)25(32)28-19-9-5-8-17(26)24(19)36-2/h3-12,31H,1-2H3,(H,28,32)(H,33,34,35). The van der Waals surface area contributed by atoms with E-state index < -0.39 is 26.7 Å². The smallest absolute Gasteiger partial charge is 0.296 e. The maximum Gasteiger partial charge on any atom is 0.296 e. The molecule has 9 nitrogen and oxygen atoms in total. The number of anilines is 1. The normalized spacial score (nSPS) is 11.7. The van der Waals surface area contributed by atoms with Gasteiger partial charge in [0.2, 0.25) is 0 Å². The molecule has 0 saturated heterocycles. The van der Waals surface area contributed by atoms with Crippen molar-refractivity contribution < 1.29 is 27.6 Å². The molecule has 0 saturated carbocycles. The number of ether oxygens (including phenoxy) is 1. The van der Waals surface area contributed by atoms with Gasteiger partial charge in [0.1, 0.15) is 16.3 Å². The largest absolute Gasteiger partial charge is 0.505 e. The van der Waals surface area contributed by atoms with Crippen LogP contribution in [0.4, 0.5) is 17.1 Å². The summed E-state index contributed by atoms with van der Waals surface area (Å²) in [5.41, 5.74) is 0.177. The minimum Gasteiger partial charge on any atom is -0.505 e. The summed E-state index contributed by atoms with van der Waals surface area (Å²) in [4.78, 5) is 12.6. The van der Waals surface area contributed by atoms with Crippen LogP contribution in [0.2, 0.25) is 10.0 Å². The highest BCUT2D eigenvalue weighted by Crippen LogP contribution is 2.42. The van der Waals surface area contributed by atoms with Gasteiger partial charge < -0.3 is 15.2 Å². The van der Waals surface area contributed by atoms with Crippen LogP contribution >= 0.6 is 23.2 Å². The number of fused-ring (bicyclic) bond motifs is 1. The summed E-state index contributed by atoms with van der Waals surface area (Å²) < 4.78 is 38.7. The second kappa shape index (κ2) is 10.3. The second-order valence-corrected chi connectivity index (χ2v) is 10.1. The van der Waals surface area contributed by atoms with E-state index in [1.807, 2.05) is 0 Å². The van der Waals surface area contributed by atoms with Crippen molar-refractivity contribution in [1.82, 2.24) is 0 Å². The molecule has 4 aromatic carbocycles. The van der Waals surface area contributed by atoms with Crippen molar-refractivity contribution in [2.75, 3.05) is 12.4 Å². The molecule has 37 heavy (non-hydrogen) atoms. The van der Waals surface area contributed by atoms with Crippen LogP contribution in [0.25, 0.3) is 10.8 Å². The van der Waals surface area contributed by atoms with Crippen LogP contribution in [-0.2, 0) is 10.1 Å². The van der Waals surface area contributed by atoms with Crippen molar-refractivity contribution in [2.24, 2.45) is 10.2 Å². The number of carbonyl (C=O) groups is 1. The monoisotopic (exact) mass is 559 g/mol. The third kappa shape index (κ3) is 5.37. The number of aryl methyl sites for hydroxylation is 1. The van der Waals surface area contributed by atoms with Gasteiger partial charge in [-0.15, -0.1) is 10.2 Å². The quantitative estimate of drug-likeness (QED) is 0.170. The van der Waals surface area contributed by atoms with Gasteiger partial charge in [0.25, 0.3) is 16.0 Å². The Labute approximate surface area is 222 Å². The minimum absolute atomic E-state index is 0.0814. The molecule has 3 N–H and O–H groups in total. The Bertz CT molecular complexity index is 1690. The van der Waals surface area contributed by atoms with Gasteiger partial charge >= 0.3 is 0 Å². The Balaban J connectivity index is 1.86. The maximum absolute atomic E-state index is 13.2. The van der Waals surface area contributed by atoms with Crippen molar-refractivity contribution in [3.8, 4) is 11.5 Å². The van der Waals surface area contributed by atoms with E-state index in [-0.39, 0.29) is 38.4 Å². The fourth-order valence-corrected chi connectivity index (χ4v) is 5.04. The number of methoxy groups -OCH3 is 1. The fourth-order valence-electron chi connectivity index (χ4n) is 3.69. The van der Waals surface area contributed by atoms with E-state index in [9.17, 15) is 22.9 Å². The van der Waals surface area contributed by atoms with Crippen LogP contribution in [0.15, 0.2) is 75.8 Å². The number of amides is 1. The number of hydrogen-bond donors (Lipinski definition) is 3. The number of halogens is 2. The molecule has 190 valence electrons. The lowest BCUT2D eigenvalue weighted by molar-refractivity contribution is 0.102. The van der Waals surface area contributed by atoms with Crippen molar-refractivity contribution in [2.45, 2.75) is 11.8 Å². The van der Waals surface area contributed by atoms with Crippen LogP contribution < -0.4 is 10.1 Å². The summed E-state index contributed by atoms with van der Waals surface area (Å²) in [6, 6.07) is 15.7. The van der Waals surface area contributed by atoms with E-state index in [2.05, 4.69) is 15.5 Å². The third-order valence-corrected chi connectivity index (χ3v) is 6.81. The van der Waals surface area contributed by atoms with Gasteiger partial charge in [-0.2, -0.15) is 8.42 Å². The van der Waals surface area contributed by atoms with E-state index in [1.165, 1.54) is 25.3 Å². The molecule has 0 heterocycles. The number of phenols is 1. The van der Waals surface area contributed by atoms with Crippen molar-refractivity contribution in [3.63, 3.8) is 0 Å². The fraction of sp³-hybridized carbons (Fsp3) is 0.0800. The predicted molar refractivity (Wildman–Crippen MR) is 142 cm³/mol. The molecule has 0 atom stereocenters. The zero-order chi connectivity index (χ0) is 26.9. The average Bonchev–Trinajstić information content (AvgIpc) is 2.83. The van der Waals surface area contributed by atoms with Crippen LogP contribution in [-0.4, -0.2) is 31.1 Å². The highest BCUT2D eigenvalue weighted by molar-refractivity contribution is 7.86. The molecule has 0 spiro atoms. The topological polar surface area (TPSA) is 138 Å². The first kappa shape index (κ1) is 26.4. The van der Waals surface area contributed by atoms with E-state index in [0.29, 0.717) is 16.3 Å². The van der Waals surface area contributed by atoms with Gasteiger partial charge in [-0.3, -0.25) is 9.35 Å². The van der Waals surface area contributed by atoms with Crippen LogP contribution in [0, 0.1) is 6.92 Å². The lowest BCUT2D eigenvalue weighted by Gasteiger charge is -2.14. The number of benzene rings is 4. The number of nitrogens with one attached hydrogen (secondary N) is 1.